The van der Waals surface area contributed by atoms with E-state index in [0.717, 1.165) is 11.1 Å². The monoisotopic (exact) mass is 482 g/mol. The van der Waals surface area contributed by atoms with E-state index in [1.807, 2.05) is 6.92 Å². The second-order valence-electron chi connectivity index (χ2n) is 7.99. The molecular weight excluding hydrogens is 461 g/mol. The molecule has 0 saturated carbocycles. The fourth-order valence-corrected chi connectivity index (χ4v) is 3.44. The van der Waals surface area contributed by atoms with Gasteiger partial charge in [0.25, 0.3) is 11.8 Å². The van der Waals surface area contributed by atoms with E-state index < -0.39 is 30.6 Å². The molecule has 11 heteroatoms. The lowest BCUT2D eigenvalue weighted by Gasteiger charge is -2.12. The highest BCUT2D eigenvalue weighted by Gasteiger charge is 2.31. The predicted molar refractivity (Wildman–Crippen MR) is 123 cm³/mol. The van der Waals surface area contributed by atoms with Gasteiger partial charge in [0.05, 0.1) is 11.4 Å². The van der Waals surface area contributed by atoms with Crippen molar-refractivity contribution in [3.8, 4) is 0 Å². The van der Waals surface area contributed by atoms with Crippen LogP contribution in [-0.4, -0.2) is 37.7 Å². The molecule has 3 aromatic heterocycles. The Morgan fingerprint density at radius 2 is 1.80 bits per heavy atom. The van der Waals surface area contributed by atoms with Gasteiger partial charge in [-0.25, -0.2) is 9.67 Å². The van der Waals surface area contributed by atoms with Crippen molar-refractivity contribution in [1.29, 1.82) is 0 Å². The molecule has 3 heterocycles. The van der Waals surface area contributed by atoms with Crippen molar-refractivity contribution in [3.05, 3.63) is 83.3 Å². The van der Waals surface area contributed by atoms with E-state index in [1.165, 1.54) is 12.1 Å². The number of nitrogens with one attached hydrogen (secondary N) is 2. The molecule has 1 atom stereocenters. The average Bonchev–Trinajstić information content (AvgIpc) is 3.16. The number of benzene rings is 1. The summed E-state index contributed by atoms with van der Waals surface area (Å²) < 4.78 is 40.2. The third kappa shape index (κ3) is 5.62. The number of amides is 2. The molecule has 4 aromatic rings. The van der Waals surface area contributed by atoms with Crippen molar-refractivity contribution in [1.82, 2.24) is 25.1 Å². The van der Waals surface area contributed by atoms with E-state index in [9.17, 15) is 22.8 Å². The summed E-state index contributed by atoms with van der Waals surface area (Å²) in [5, 5.41) is 9.32. The molecule has 1 aromatic carbocycles. The Hall–Kier alpha value is -4.28. The molecule has 180 valence electrons. The standard InChI is InChI=1S/C24H21F3N6O2/c1-14-5-7-16(8-6-14)22(34)31-19-10-9-18-20(32-33(21(18)30-19)13-24(25,26)27)23(35)29-15(2)17-4-3-11-28-12-17/h3-12,15H,13H2,1-2H3,(H,29,35)(H,30,31,34). The zero-order valence-corrected chi connectivity index (χ0v) is 18.8. The highest BCUT2D eigenvalue weighted by Crippen LogP contribution is 2.25. The number of aryl methyl sites for hydroxylation is 1. The lowest BCUT2D eigenvalue weighted by atomic mass is 10.1. The number of carbonyl (C=O) groups is 2. The molecule has 4 rings (SSSR count). The van der Waals surface area contributed by atoms with Gasteiger partial charge in [-0.05, 0) is 49.7 Å². The number of alkyl halides is 3. The highest BCUT2D eigenvalue weighted by molar-refractivity contribution is 6.06. The van der Waals surface area contributed by atoms with E-state index in [1.54, 1.807) is 55.7 Å². The molecule has 2 N–H and O–H groups in total. The Balaban J connectivity index is 1.65. The first-order valence-corrected chi connectivity index (χ1v) is 10.6. The molecule has 0 spiro atoms. The molecule has 0 aliphatic carbocycles. The van der Waals surface area contributed by atoms with E-state index in [4.69, 9.17) is 0 Å². The Labute approximate surface area is 198 Å². The number of carbonyl (C=O) groups excluding carboxylic acids is 2. The third-order valence-corrected chi connectivity index (χ3v) is 5.23. The van der Waals surface area contributed by atoms with Crippen molar-refractivity contribution < 1.29 is 22.8 Å². The second kappa shape index (κ2) is 9.53. The van der Waals surface area contributed by atoms with Crippen molar-refractivity contribution in [2.75, 3.05) is 5.32 Å². The summed E-state index contributed by atoms with van der Waals surface area (Å²) in [5.74, 6) is -1.10. The number of hydrogen-bond donors (Lipinski definition) is 2. The zero-order chi connectivity index (χ0) is 25.2. The van der Waals surface area contributed by atoms with Crippen LogP contribution in [0.4, 0.5) is 19.0 Å². The minimum Gasteiger partial charge on any atom is -0.344 e. The maximum Gasteiger partial charge on any atom is 0.408 e. The van der Waals surface area contributed by atoms with Gasteiger partial charge in [0.15, 0.2) is 11.3 Å². The maximum absolute atomic E-state index is 13.2. The molecule has 8 nitrogen and oxygen atoms in total. The summed E-state index contributed by atoms with van der Waals surface area (Å²) in [6.07, 6.45) is -1.43. The number of aromatic nitrogens is 4. The molecule has 0 radical (unpaired) electrons. The lowest BCUT2D eigenvalue weighted by Crippen LogP contribution is -2.27. The average molecular weight is 482 g/mol. The molecule has 35 heavy (non-hydrogen) atoms. The van der Waals surface area contributed by atoms with Crippen LogP contribution >= 0.6 is 0 Å². The quantitative estimate of drug-likeness (QED) is 0.423. The van der Waals surface area contributed by atoms with Gasteiger partial charge in [-0.3, -0.25) is 14.6 Å². The van der Waals surface area contributed by atoms with Crippen molar-refractivity contribution in [2.45, 2.75) is 32.6 Å². The van der Waals surface area contributed by atoms with E-state index in [-0.39, 0.29) is 22.5 Å². The Morgan fingerprint density at radius 3 is 2.46 bits per heavy atom. The van der Waals surface area contributed by atoms with Gasteiger partial charge in [-0.15, -0.1) is 0 Å². The number of hydrogen-bond acceptors (Lipinski definition) is 5. The molecule has 0 aliphatic rings. The van der Waals surface area contributed by atoms with Gasteiger partial charge in [-0.1, -0.05) is 23.8 Å². The van der Waals surface area contributed by atoms with Crippen LogP contribution in [0, 0.1) is 6.92 Å². The molecule has 2 amide bonds. The van der Waals surface area contributed by atoms with Crippen LogP contribution in [0.25, 0.3) is 11.0 Å². The van der Waals surface area contributed by atoms with E-state index in [0.29, 0.717) is 10.2 Å². The lowest BCUT2D eigenvalue weighted by molar-refractivity contribution is -0.142. The SMILES string of the molecule is Cc1ccc(C(=O)Nc2ccc3c(C(=O)NC(C)c4cccnc4)nn(CC(F)(F)F)c3n2)cc1. The largest absolute Gasteiger partial charge is 0.408 e. The molecule has 0 fully saturated rings. The van der Waals surface area contributed by atoms with Gasteiger partial charge >= 0.3 is 6.18 Å². The van der Waals surface area contributed by atoms with Crippen LogP contribution in [0.1, 0.15) is 44.9 Å². The first kappa shape index (κ1) is 23.9. The normalized spacial score (nSPS) is 12.4. The summed E-state index contributed by atoms with van der Waals surface area (Å²) in [4.78, 5) is 33.6. The summed E-state index contributed by atoms with van der Waals surface area (Å²) in [7, 11) is 0. The van der Waals surface area contributed by atoms with E-state index >= 15 is 0 Å². The summed E-state index contributed by atoms with van der Waals surface area (Å²) >= 11 is 0. The number of halogens is 3. The van der Waals surface area contributed by atoms with Gasteiger partial charge in [0.1, 0.15) is 12.4 Å². The number of anilines is 1. The minimum absolute atomic E-state index is 0.0297. The van der Waals surface area contributed by atoms with Crippen LogP contribution < -0.4 is 10.6 Å². The van der Waals surface area contributed by atoms with Gasteiger partial charge < -0.3 is 10.6 Å². The van der Waals surface area contributed by atoms with Gasteiger partial charge in [0.2, 0.25) is 0 Å². The number of nitrogens with zero attached hydrogens (tertiary/aromatic N) is 4. The first-order chi connectivity index (χ1) is 16.6. The summed E-state index contributed by atoms with van der Waals surface area (Å²) in [6, 6.07) is 12.6. The van der Waals surface area contributed by atoms with Crippen molar-refractivity contribution in [3.63, 3.8) is 0 Å². The molecular formula is C24H21F3N6O2. The Bertz CT molecular complexity index is 1370. The Morgan fingerprint density at radius 1 is 1.06 bits per heavy atom. The molecule has 0 aliphatic heterocycles. The van der Waals surface area contributed by atoms with Crippen LogP contribution in [0.2, 0.25) is 0 Å². The fourth-order valence-electron chi connectivity index (χ4n) is 3.44. The van der Waals surface area contributed by atoms with Gasteiger partial charge in [-0.2, -0.15) is 18.3 Å². The molecule has 0 saturated heterocycles. The number of fused-ring (bicyclic) bond motifs is 1. The smallest absolute Gasteiger partial charge is 0.344 e. The van der Waals surface area contributed by atoms with Gasteiger partial charge in [0, 0.05) is 18.0 Å². The maximum atomic E-state index is 13.2. The van der Waals surface area contributed by atoms with Crippen molar-refractivity contribution in [2.24, 2.45) is 0 Å². The first-order valence-electron chi connectivity index (χ1n) is 10.6. The summed E-state index contributed by atoms with van der Waals surface area (Å²) in [5.41, 5.74) is 1.68. The minimum atomic E-state index is -4.60. The zero-order valence-electron chi connectivity index (χ0n) is 18.8. The highest BCUT2D eigenvalue weighted by atomic mass is 19.4. The molecule has 1 unspecified atom stereocenters. The fraction of sp³-hybridized carbons (Fsp3) is 0.208. The molecule has 0 bridgehead atoms. The summed E-state index contributed by atoms with van der Waals surface area (Å²) in [6.45, 7) is 2.16. The van der Waals surface area contributed by atoms with Crippen molar-refractivity contribution >= 4 is 28.7 Å². The number of rotatable bonds is 6. The predicted octanol–water partition coefficient (Wildman–Crippen LogP) is 4.44. The number of pyridine rings is 2. The third-order valence-electron chi connectivity index (χ3n) is 5.23. The topological polar surface area (TPSA) is 102 Å². The second-order valence-corrected chi connectivity index (χ2v) is 7.99. The van der Waals surface area contributed by atoms with Crippen LogP contribution in [0.5, 0.6) is 0 Å². The van der Waals surface area contributed by atoms with Crippen LogP contribution in [-0.2, 0) is 6.54 Å². The van der Waals surface area contributed by atoms with Crippen LogP contribution in [0.15, 0.2) is 60.9 Å². The van der Waals surface area contributed by atoms with Crippen LogP contribution in [0.3, 0.4) is 0 Å². The Kier molecular flexibility index (Phi) is 6.50. The van der Waals surface area contributed by atoms with E-state index in [2.05, 4.69) is 25.7 Å².